The van der Waals surface area contributed by atoms with Gasteiger partial charge in [-0.25, -0.2) is 0 Å². The van der Waals surface area contributed by atoms with Crippen molar-refractivity contribution < 1.29 is 4.42 Å². The van der Waals surface area contributed by atoms with Crippen molar-refractivity contribution >= 4 is 49.8 Å². The molecule has 1 aromatic heterocycles. The van der Waals surface area contributed by atoms with E-state index in [1.165, 1.54) is 49.7 Å². The summed E-state index contributed by atoms with van der Waals surface area (Å²) in [4.78, 5) is 2.33. The van der Waals surface area contributed by atoms with Crippen molar-refractivity contribution in [3.63, 3.8) is 0 Å². The minimum atomic E-state index is 0.868. The first-order chi connectivity index (χ1) is 26.7. The summed E-state index contributed by atoms with van der Waals surface area (Å²) in [5, 5.41) is 4.74. The summed E-state index contributed by atoms with van der Waals surface area (Å²) in [5.74, 6) is 0. The van der Waals surface area contributed by atoms with E-state index in [2.05, 4.69) is 205 Å². The van der Waals surface area contributed by atoms with Crippen LogP contribution in [0.25, 0.3) is 77.2 Å². The molecule has 0 aliphatic carbocycles. The largest absolute Gasteiger partial charge is 0.456 e. The molecule has 1 heterocycles. The third kappa shape index (κ3) is 5.90. The number of furan rings is 1. The lowest BCUT2D eigenvalue weighted by molar-refractivity contribution is 0.669. The van der Waals surface area contributed by atoms with Gasteiger partial charge in [0.15, 0.2) is 0 Å². The lowest BCUT2D eigenvalue weighted by atomic mass is 9.97. The summed E-state index contributed by atoms with van der Waals surface area (Å²) >= 11 is 0. The Balaban J connectivity index is 1.05. The molecule has 0 saturated heterocycles. The molecule has 0 N–H and O–H groups in total. The van der Waals surface area contributed by atoms with Gasteiger partial charge in [-0.1, -0.05) is 146 Å². The van der Waals surface area contributed by atoms with E-state index in [0.29, 0.717) is 0 Å². The molecule has 254 valence electrons. The second-order valence-electron chi connectivity index (χ2n) is 13.8. The molecule has 0 spiro atoms. The van der Waals surface area contributed by atoms with Crippen LogP contribution in [-0.2, 0) is 0 Å². The molecular formula is C52H35NO. The van der Waals surface area contributed by atoms with Crippen LogP contribution < -0.4 is 4.90 Å². The topological polar surface area (TPSA) is 16.4 Å². The Hall–Kier alpha value is -7.16. The highest BCUT2D eigenvalue weighted by Gasteiger charge is 2.17. The number of hydrogen-bond acceptors (Lipinski definition) is 2. The second kappa shape index (κ2) is 13.4. The fraction of sp³-hybridized carbons (Fsp3) is 0. The van der Waals surface area contributed by atoms with Gasteiger partial charge in [0.05, 0.1) is 0 Å². The maximum atomic E-state index is 6.38. The van der Waals surface area contributed by atoms with Crippen molar-refractivity contribution in [1.82, 2.24) is 0 Å². The maximum Gasteiger partial charge on any atom is 0.137 e. The zero-order valence-electron chi connectivity index (χ0n) is 29.6. The third-order valence-electron chi connectivity index (χ3n) is 10.4. The molecule has 0 amide bonds. The maximum absolute atomic E-state index is 6.38. The minimum Gasteiger partial charge on any atom is -0.456 e. The van der Waals surface area contributed by atoms with E-state index in [0.717, 1.165) is 44.6 Å². The Labute approximate surface area is 314 Å². The first kappa shape index (κ1) is 31.6. The molecule has 2 heteroatoms. The zero-order valence-corrected chi connectivity index (χ0v) is 29.6. The van der Waals surface area contributed by atoms with Crippen LogP contribution in [0.5, 0.6) is 0 Å². The van der Waals surface area contributed by atoms with Crippen LogP contribution in [0.1, 0.15) is 0 Å². The van der Waals surface area contributed by atoms with Crippen LogP contribution in [-0.4, -0.2) is 0 Å². The lowest BCUT2D eigenvalue weighted by Crippen LogP contribution is -2.10. The molecule has 2 nitrogen and oxygen atoms in total. The molecule has 0 radical (unpaired) electrons. The van der Waals surface area contributed by atoms with Crippen LogP contribution in [0, 0.1) is 0 Å². The smallest absolute Gasteiger partial charge is 0.137 e. The van der Waals surface area contributed by atoms with E-state index >= 15 is 0 Å². The number of rotatable bonds is 7. The monoisotopic (exact) mass is 689 g/mol. The van der Waals surface area contributed by atoms with E-state index in [-0.39, 0.29) is 0 Å². The van der Waals surface area contributed by atoms with E-state index < -0.39 is 0 Å². The molecule has 0 unspecified atom stereocenters. The van der Waals surface area contributed by atoms with Crippen LogP contribution in [0.2, 0.25) is 0 Å². The van der Waals surface area contributed by atoms with Crippen LogP contribution in [0.15, 0.2) is 217 Å². The van der Waals surface area contributed by atoms with Crippen molar-refractivity contribution in [1.29, 1.82) is 0 Å². The normalized spacial score (nSPS) is 11.3. The van der Waals surface area contributed by atoms with Gasteiger partial charge in [0.2, 0.25) is 0 Å². The highest BCUT2D eigenvalue weighted by molar-refractivity contribution is 6.06. The van der Waals surface area contributed by atoms with Gasteiger partial charge in [-0.15, -0.1) is 0 Å². The molecule has 9 aromatic carbocycles. The first-order valence-electron chi connectivity index (χ1n) is 18.4. The summed E-state index contributed by atoms with van der Waals surface area (Å²) in [6.07, 6.45) is 0. The zero-order chi connectivity index (χ0) is 35.8. The number of fused-ring (bicyclic) bond motifs is 4. The van der Waals surface area contributed by atoms with Crippen molar-refractivity contribution in [3.05, 3.63) is 212 Å². The SMILES string of the molecule is c1ccc(-c2cccc(-c3cccc(N(c4ccc(-c5cccc(-c6ccc7ccccc7c6)c5)cc4)c4ccc5c(c4)oc4ccccc45)c3)c2)cc1. The predicted molar refractivity (Wildman–Crippen MR) is 228 cm³/mol. The standard InChI is InChI=1S/C52H35NO/c1-2-11-36(12-3-1)40-15-8-17-42(31-40)44-19-10-20-47(34-44)53(48-29-30-50-49-21-6-7-22-51(49)54-52(50)35-48)46-27-25-38(26-28-46)41-16-9-18-43(32-41)45-24-23-37-13-4-5-14-39(37)33-45/h1-35H. The van der Waals surface area contributed by atoms with Gasteiger partial charge in [0.25, 0.3) is 0 Å². The molecule has 10 aromatic rings. The quantitative estimate of drug-likeness (QED) is 0.166. The molecule has 0 fully saturated rings. The number of para-hydroxylation sites is 1. The molecule has 54 heavy (non-hydrogen) atoms. The van der Waals surface area contributed by atoms with Crippen LogP contribution in [0.4, 0.5) is 17.1 Å². The predicted octanol–water partition coefficient (Wildman–Crippen LogP) is 14.9. The Morgan fingerprint density at radius 3 is 1.52 bits per heavy atom. The second-order valence-corrected chi connectivity index (χ2v) is 13.8. The molecule has 0 atom stereocenters. The van der Waals surface area contributed by atoms with E-state index in [4.69, 9.17) is 4.42 Å². The van der Waals surface area contributed by atoms with Crippen LogP contribution in [0.3, 0.4) is 0 Å². The number of benzene rings is 9. The van der Waals surface area contributed by atoms with Crippen molar-refractivity contribution in [2.45, 2.75) is 0 Å². The Morgan fingerprint density at radius 2 is 0.759 bits per heavy atom. The van der Waals surface area contributed by atoms with Crippen molar-refractivity contribution in [2.24, 2.45) is 0 Å². The average molecular weight is 690 g/mol. The van der Waals surface area contributed by atoms with E-state index in [1.807, 2.05) is 12.1 Å². The highest BCUT2D eigenvalue weighted by atomic mass is 16.3. The van der Waals surface area contributed by atoms with E-state index in [9.17, 15) is 0 Å². The van der Waals surface area contributed by atoms with Crippen LogP contribution >= 0.6 is 0 Å². The number of hydrogen-bond donors (Lipinski definition) is 0. The Kier molecular flexibility index (Phi) is 7.85. The average Bonchev–Trinajstić information content (AvgIpc) is 3.62. The molecule has 0 aliphatic rings. The van der Waals surface area contributed by atoms with Gasteiger partial charge in [0.1, 0.15) is 11.2 Å². The Bertz CT molecular complexity index is 2940. The summed E-state index contributed by atoms with van der Waals surface area (Å²) in [6, 6.07) is 75.9. The van der Waals surface area contributed by atoms with E-state index in [1.54, 1.807) is 0 Å². The van der Waals surface area contributed by atoms with Gasteiger partial charge >= 0.3 is 0 Å². The molecule has 0 aliphatic heterocycles. The van der Waals surface area contributed by atoms with Gasteiger partial charge in [-0.05, 0) is 116 Å². The third-order valence-corrected chi connectivity index (χ3v) is 10.4. The first-order valence-corrected chi connectivity index (χ1v) is 18.4. The van der Waals surface area contributed by atoms with Crippen molar-refractivity contribution in [3.8, 4) is 44.5 Å². The number of nitrogens with zero attached hydrogens (tertiary/aromatic N) is 1. The molecule has 0 bridgehead atoms. The van der Waals surface area contributed by atoms with Gasteiger partial charge in [-0.2, -0.15) is 0 Å². The summed E-state index contributed by atoms with van der Waals surface area (Å²) < 4.78 is 6.38. The molecule has 10 rings (SSSR count). The van der Waals surface area contributed by atoms with Crippen molar-refractivity contribution in [2.75, 3.05) is 4.90 Å². The minimum absolute atomic E-state index is 0.868. The summed E-state index contributed by atoms with van der Waals surface area (Å²) in [6.45, 7) is 0. The number of anilines is 3. The molecular weight excluding hydrogens is 655 g/mol. The lowest BCUT2D eigenvalue weighted by Gasteiger charge is -2.26. The fourth-order valence-corrected chi connectivity index (χ4v) is 7.68. The van der Waals surface area contributed by atoms with Gasteiger partial charge in [0, 0.05) is 33.9 Å². The van der Waals surface area contributed by atoms with Gasteiger partial charge < -0.3 is 9.32 Å². The summed E-state index contributed by atoms with van der Waals surface area (Å²) in [7, 11) is 0. The van der Waals surface area contributed by atoms with Gasteiger partial charge in [-0.3, -0.25) is 0 Å². The fourth-order valence-electron chi connectivity index (χ4n) is 7.68. The Morgan fingerprint density at radius 1 is 0.259 bits per heavy atom. The molecule has 0 saturated carbocycles. The summed E-state index contributed by atoms with van der Waals surface area (Å²) in [5.41, 5.74) is 14.4. The highest BCUT2D eigenvalue weighted by Crippen LogP contribution is 2.41.